The van der Waals surface area contributed by atoms with Gasteiger partial charge in [0, 0.05) is 24.5 Å². The van der Waals surface area contributed by atoms with Crippen molar-refractivity contribution in [2.75, 3.05) is 6.54 Å². The van der Waals surface area contributed by atoms with Crippen molar-refractivity contribution in [1.82, 2.24) is 10.3 Å². The van der Waals surface area contributed by atoms with E-state index in [0.717, 1.165) is 11.6 Å². The van der Waals surface area contributed by atoms with Gasteiger partial charge in [0.1, 0.15) is 5.56 Å². The average molecular weight is 248 g/mol. The van der Waals surface area contributed by atoms with Crippen LogP contribution in [0, 0.1) is 18.8 Å². The van der Waals surface area contributed by atoms with Crippen molar-refractivity contribution in [3.05, 3.63) is 33.7 Å². The van der Waals surface area contributed by atoms with Gasteiger partial charge in [-0.15, -0.1) is 0 Å². The summed E-state index contributed by atoms with van der Waals surface area (Å²) in [7, 11) is 0. The first-order valence-corrected chi connectivity index (χ1v) is 6.54. The third-order valence-corrected chi connectivity index (χ3v) is 3.66. The molecule has 1 amide bonds. The van der Waals surface area contributed by atoms with Crippen LogP contribution in [0.25, 0.3) is 0 Å². The summed E-state index contributed by atoms with van der Waals surface area (Å²) in [5, 5.41) is 2.86. The summed E-state index contributed by atoms with van der Waals surface area (Å²) in [6, 6.07) is 1.45. The van der Waals surface area contributed by atoms with E-state index in [1.54, 1.807) is 6.92 Å². The van der Waals surface area contributed by atoms with Gasteiger partial charge in [0.05, 0.1) is 0 Å². The Kier molecular flexibility index (Phi) is 3.84. The molecule has 4 nitrogen and oxygen atoms in total. The molecule has 0 radical (unpaired) electrons. The molecule has 1 fully saturated rings. The molecular formula is C14H20N2O2. The normalized spacial score (nSPS) is 23.0. The Morgan fingerprint density at radius 1 is 1.50 bits per heavy atom. The summed E-state index contributed by atoms with van der Waals surface area (Å²) in [5.74, 6) is 1.05. The maximum Gasteiger partial charge on any atom is 0.256 e. The minimum absolute atomic E-state index is 0.201. The number of H-pyrrole nitrogens is 1. The molecular weight excluding hydrogens is 228 g/mol. The fraction of sp³-hybridized carbons (Fsp3) is 0.571. The fourth-order valence-electron chi connectivity index (χ4n) is 2.59. The average Bonchev–Trinajstić information content (AvgIpc) is 2.72. The third-order valence-electron chi connectivity index (χ3n) is 3.66. The first kappa shape index (κ1) is 12.9. The van der Waals surface area contributed by atoms with Crippen LogP contribution in [0.3, 0.4) is 0 Å². The molecule has 1 saturated carbocycles. The lowest BCUT2D eigenvalue weighted by molar-refractivity contribution is 0.0945. The molecule has 0 saturated heterocycles. The highest BCUT2D eigenvalue weighted by Crippen LogP contribution is 2.29. The van der Waals surface area contributed by atoms with Crippen molar-refractivity contribution in [3.8, 4) is 0 Å². The molecule has 18 heavy (non-hydrogen) atoms. The number of pyridine rings is 1. The predicted octanol–water partition coefficient (Wildman–Crippen LogP) is 1.85. The standard InChI is InChI=1S/C14H20N2O2/c1-9-3-4-11(5-9)7-16-14(18)12-8-15-10(2)6-13(12)17/h6,8-9,11H,3-5,7H2,1-2H3,(H,15,17)(H,16,18). The summed E-state index contributed by atoms with van der Waals surface area (Å²) >= 11 is 0. The van der Waals surface area contributed by atoms with Crippen LogP contribution in [0.4, 0.5) is 0 Å². The van der Waals surface area contributed by atoms with Crippen LogP contribution in [0.2, 0.25) is 0 Å². The summed E-state index contributed by atoms with van der Waals surface area (Å²) in [6.07, 6.45) is 5.08. The summed E-state index contributed by atoms with van der Waals surface area (Å²) in [6.45, 7) is 4.71. The number of carbonyl (C=O) groups excluding carboxylic acids is 1. The number of carbonyl (C=O) groups is 1. The largest absolute Gasteiger partial charge is 0.364 e. The Balaban J connectivity index is 1.93. The number of aromatic nitrogens is 1. The van der Waals surface area contributed by atoms with Crippen LogP contribution < -0.4 is 10.7 Å². The number of amides is 1. The predicted molar refractivity (Wildman–Crippen MR) is 70.6 cm³/mol. The van der Waals surface area contributed by atoms with Gasteiger partial charge in [0.15, 0.2) is 5.43 Å². The monoisotopic (exact) mass is 248 g/mol. The van der Waals surface area contributed by atoms with Gasteiger partial charge in [-0.3, -0.25) is 9.59 Å². The van der Waals surface area contributed by atoms with E-state index in [1.807, 2.05) is 0 Å². The van der Waals surface area contributed by atoms with Gasteiger partial charge in [0.25, 0.3) is 5.91 Å². The molecule has 2 N–H and O–H groups in total. The van der Waals surface area contributed by atoms with Crippen molar-refractivity contribution in [2.45, 2.75) is 33.1 Å². The number of hydrogen-bond acceptors (Lipinski definition) is 2. The Morgan fingerprint density at radius 3 is 2.89 bits per heavy atom. The fourth-order valence-corrected chi connectivity index (χ4v) is 2.59. The second kappa shape index (κ2) is 5.38. The summed E-state index contributed by atoms with van der Waals surface area (Å²) in [4.78, 5) is 26.4. The van der Waals surface area contributed by atoms with E-state index >= 15 is 0 Å². The highest BCUT2D eigenvalue weighted by Gasteiger charge is 2.22. The number of aromatic amines is 1. The quantitative estimate of drug-likeness (QED) is 0.857. The molecule has 1 aromatic rings. The van der Waals surface area contributed by atoms with Crippen molar-refractivity contribution in [2.24, 2.45) is 11.8 Å². The van der Waals surface area contributed by atoms with E-state index in [0.29, 0.717) is 12.5 Å². The molecule has 2 unspecified atom stereocenters. The van der Waals surface area contributed by atoms with Crippen LogP contribution in [0.1, 0.15) is 42.2 Å². The molecule has 1 heterocycles. The van der Waals surface area contributed by atoms with Crippen LogP contribution in [-0.2, 0) is 0 Å². The van der Waals surface area contributed by atoms with E-state index in [2.05, 4.69) is 17.2 Å². The van der Waals surface area contributed by atoms with Gasteiger partial charge >= 0.3 is 0 Å². The molecule has 0 aromatic carbocycles. The molecule has 0 bridgehead atoms. The number of aryl methyl sites for hydroxylation is 1. The molecule has 2 atom stereocenters. The molecule has 1 aliphatic rings. The Hall–Kier alpha value is -1.58. The minimum Gasteiger partial charge on any atom is -0.364 e. The molecule has 0 aliphatic heterocycles. The van der Waals surface area contributed by atoms with Crippen LogP contribution in [0.5, 0.6) is 0 Å². The molecule has 0 spiro atoms. The highest BCUT2D eigenvalue weighted by molar-refractivity contribution is 5.93. The smallest absolute Gasteiger partial charge is 0.256 e. The van der Waals surface area contributed by atoms with E-state index in [9.17, 15) is 9.59 Å². The number of rotatable bonds is 3. The zero-order valence-corrected chi connectivity index (χ0v) is 11.0. The van der Waals surface area contributed by atoms with Crippen LogP contribution in [-0.4, -0.2) is 17.4 Å². The van der Waals surface area contributed by atoms with E-state index < -0.39 is 0 Å². The highest BCUT2D eigenvalue weighted by atomic mass is 16.2. The van der Waals surface area contributed by atoms with Gasteiger partial charge in [-0.1, -0.05) is 13.3 Å². The van der Waals surface area contributed by atoms with E-state index in [4.69, 9.17) is 0 Å². The maximum absolute atomic E-state index is 11.9. The molecule has 1 aromatic heterocycles. The minimum atomic E-state index is -0.268. The second-order valence-corrected chi connectivity index (χ2v) is 5.39. The van der Waals surface area contributed by atoms with Gasteiger partial charge in [-0.25, -0.2) is 0 Å². The Bertz CT molecular complexity index is 493. The SMILES string of the molecule is Cc1cc(=O)c(C(=O)NCC2CCC(C)C2)c[nH]1. The topological polar surface area (TPSA) is 62.0 Å². The maximum atomic E-state index is 11.9. The summed E-state index contributed by atoms with van der Waals surface area (Å²) in [5.41, 5.74) is 0.747. The van der Waals surface area contributed by atoms with Gasteiger partial charge in [-0.05, 0) is 31.6 Å². The Labute approximate surface area is 107 Å². The third kappa shape index (κ3) is 3.00. The van der Waals surface area contributed by atoms with Crippen LogP contribution in [0.15, 0.2) is 17.1 Å². The zero-order chi connectivity index (χ0) is 13.1. The van der Waals surface area contributed by atoms with E-state index in [-0.39, 0.29) is 16.9 Å². The molecule has 98 valence electrons. The van der Waals surface area contributed by atoms with E-state index in [1.165, 1.54) is 31.5 Å². The van der Waals surface area contributed by atoms with Crippen molar-refractivity contribution in [1.29, 1.82) is 0 Å². The summed E-state index contributed by atoms with van der Waals surface area (Å²) < 4.78 is 0. The lowest BCUT2D eigenvalue weighted by atomic mass is 10.1. The van der Waals surface area contributed by atoms with Gasteiger partial charge in [0.2, 0.25) is 0 Å². The lowest BCUT2D eigenvalue weighted by Crippen LogP contribution is -2.32. The van der Waals surface area contributed by atoms with Crippen molar-refractivity contribution >= 4 is 5.91 Å². The zero-order valence-electron chi connectivity index (χ0n) is 11.0. The van der Waals surface area contributed by atoms with Crippen molar-refractivity contribution < 1.29 is 4.79 Å². The first-order chi connectivity index (χ1) is 8.56. The number of hydrogen-bond donors (Lipinski definition) is 2. The second-order valence-electron chi connectivity index (χ2n) is 5.39. The Morgan fingerprint density at radius 2 is 2.28 bits per heavy atom. The van der Waals surface area contributed by atoms with Crippen LogP contribution >= 0.6 is 0 Å². The van der Waals surface area contributed by atoms with Gasteiger partial charge < -0.3 is 10.3 Å². The van der Waals surface area contributed by atoms with Gasteiger partial charge in [-0.2, -0.15) is 0 Å². The lowest BCUT2D eigenvalue weighted by Gasteiger charge is -2.10. The molecule has 4 heteroatoms. The number of nitrogens with one attached hydrogen (secondary N) is 2. The molecule has 1 aliphatic carbocycles. The molecule has 2 rings (SSSR count). The van der Waals surface area contributed by atoms with Crippen molar-refractivity contribution in [3.63, 3.8) is 0 Å². The first-order valence-electron chi connectivity index (χ1n) is 6.54.